The summed E-state index contributed by atoms with van der Waals surface area (Å²) < 4.78 is 28.9. The second kappa shape index (κ2) is 6.47. The van der Waals surface area contributed by atoms with E-state index in [2.05, 4.69) is 15.4 Å². The fourth-order valence-corrected chi connectivity index (χ4v) is 2.07. The molecule has 1 fully saturated rings. The SMILES string of the molecule is O=C(NCc1ccccc1OC(F)F)[C@@H]1CCCN1. The van der Waals surface area contributed by atoms with Crippen molar-refractivity contribution in [3.63, 3.8) is 0 Å². The molecule has 0 spiro atoms. The Bertz CT molecular complexity index is 434. The number of ether oxygens (including phenoxy) is 1. The van der Waals surface area contributed by atoms with Gasteiger partial charge in [-0.3, -0.25) is 4.79 Å². The third-order valence-electron chi connectivity index (χ3n) is 3.02. The van der Waals surface area contributed by atoms with Crippen molar-refractivity contribution in [2.45, 2.75) is 32.0 Å². The molecule has 2 N–H and O–H groups in total. The fraction of sp³-hybridized carbons (Fsp3) is 0.462. The summed E-state index contributed by atoms with van der Waals surface area (Å²) in [6, 6.07) is 6.26. The van der Waals surface area contributed by atoms with Gasteiger partial charge in [0.05, 0.1) is 6.04 Å². The lowest BCUT2D eigenvalue weighted by atomic mass is 10.2. The van der Waals surface area contributed by atoms with E-state index in [-0.39, 0.29) is 24.2 Å². The highest BCUT2D eigenvalue weighted by molar-refractivity contribution is 5.82. The Morgan fingerprint density at radius 1 is 1.47 bits per heavy atom. The molecule has 19 heavy (non-hydrogen) atoms. The van der Waals surface area contributed by atoms with E-state index in [9.17, 15) is 13.6 Å². The van der Waals surface area contributed by atoms with Crippen LogP contribution in [0.5, 0.6) is 5.75 Å². The molecule has 0 radical (unpaired) electrons. The maximum atomic E-state index is 12.2. The minimum absolute atomic E-state index is 0.0946. The van der Waals surface area contributed by atoms with Crippen LogP contribution in [-0.4, -0.2) is 25.1 Å². The van der Waals surface area contributed by atoms with Crippen molar-refractivity contribution in [1.29, 1.82) is 0 Å². The van der Waals surface area contributed by atoms with E-state index in [1.54, 1.807) is 18.2 Å². The van der Waals surface area contributed by atoms with Crippen molar-refractivity contribution in [3.05, 3.63) is 29.8 Å². The first-order valence-corrected chi connectivity index (χ1v) is 6.20. The Labute approximate surface area is 110 Å². The van der Waals surface area contributed by atoms with Crippen LogP contribution in [0.2, 0.25) is 0 Å². The lowest BCUT2D eigenvalue weighted by molar-refractivity contribution is -0.122. The summed E-state index contributed by atoms with van der Waals surface area (Å²) in [5.41, 5.74) is 0.536. The van der Waals surface area contributed by atoms with Gasteiger partial charge in [-0.1, -0.05) is 18.2 Å². The van der Waals surface area contributed by atoms with Gasteiger partial charge >= 0.3 is 6.61 Å². The van der Waals surface area contributed by atoms with Gasteiger partial charge in [0.2, 0.25) is 5.91 Å². The number of para-hydroxylation sites is 1. The molecule has 0 aromatic heterocycles. The van der Waals surface area contributed by atoms with Gasteiger partial charge in [0.25, 0.3) is 0 Å². The molecule has 1 aliphatic heterocycles. The number of hydrogen-bond acceptors (Lipinski definition) is 3. The van der Waals surface area contributed by atoms with Gasteiger partial charge in [-0.15, -0.1) is 0 Å². The Morgan fingerprint density at radius 3 is 2.95 bits per heavy atom. The number of carbonyl (C=O) groups excluding carboxylic acids is 1. The number of carbonyl (C=O) groups is 1. The van der Waals surface area contributed by atoms with Crippen LogP contribution in [0.3, 0.4) is 0 Å². The molecule has 1 aliphatic rings. The quantitative estimate of drug-likeness (QED) is 0.855. The molecule has 1 saturated heterocycles. The zero-order chi connectivity index (χ0) is 13.7. The van der Waals surface area contributed by atoms with E-state index in [0.29, 0.717) is 5.56 Å². The molecule has 1 aromatic carbocycles. The van der Waals surface area contributed by atoms with Gasteiger partial charge in [0, 0.05) is 12.1 Å². The first kappa shape index (κ1) is 13.7. The molecule has 1 amide bonds. The van der Waals surface area contributed by atoms with E-state index in [0.717, 1.165) is 19.4 Å². The molecule has 1 aromatic rings. The van der Waals surface area contributed by atoms with Crippen LogP contribution < -0.4 is 15.4 Å². The molecule has 0 unspecified atom stereocenters. The highest BCUT2D eigenvalue weighted by atomic mass is 19.3. The normalized spacial score (nSPS) is 18.6. The van der Waals surface area contributed by atoms with Gasteiger partial charge in [-0.25, -0.2) is 0 Å². The number of alkyl halides is 2. The molecule has 2 rings (SSSR count). The third-order valence-corrected chi connectivity index (χ3v) is 3.02. The predicted molar refractivity (Wildman–Crippen MR) is 65.9 cm³/mol. The van der Waals surface area contributed by atoms with E-state index in [1.807, 2.05) is 0 Å². The van der Waals surface area contributed by atoms with E-state index >= 15 is 0 Å². The number of nitrogens with one attached hydrogen (secondary N) is 2. The Hall–Kier alpha value is -1.69. The van der Waals surface area contributed by atoms with E-state index < -0.39 is 6.61 Å². The summed E-state index contributed by atoms with van der Waals surface area (Å²) >= 11 is 0. The topological polar surface area (TPSA) is 50.4 Å². The number of hydrogen-bond donors (Lipinski definition) is 2. The predicted octanol–water partition coefficient (Wildman–Crippen LogP) is 1.66. The Morgan fingerprint density at radius 2 is 2.26 bits per heavy atom. The molecular formula is C13H16F2N2O2. The zero-order valence-corrected chi connectivity index (χ0v) is 10.4. The van der Waals surface area contributed by atoms with Crippen LogP contribution in [0.25, 0.3) is 0 Å². The van der Waals surface area contributed by atoms with Crippen molar-refractivity contribution in [1.82, 2.24) is 10.6 Å². The summed E-state index contributed by atoms with van der Waals surface area (Å²) in [6.45, 7) is -1.85. The molecule has 4 nitrogen and oxygen atoms in total. The number of amides is 1. The van der Waals surface area contributed by atoms with Gasteiger partial charge in [0.1, 0.15) is 5.75 Å². The standard InChI is InChI=1S/C13H16F2N2O2/c14-13(15)19-11-6-2-1-4-9(11)8-17-12(18)10-5-3-7-16-10/h1-2,4,6,10,13,16H,3,5,7-8H2,(H,17,18)/t10-/m0/s1. The average molecular weight is 270 g/mol. The van der Waals surface area contributed by atoms with Crippen LogP contribution in [0, 0.1) is 0 Å². The number of rotatable bonds is 5. The lowest BCUT2D eigenvalue weighted by Gasteiger charge is -2.13. The maximum absolute atomic E-state index is 12.2. The first-order valence-electron chi connectivity index (χ1n) is 6.20. The smallest absolute Gasteiger partial charge is 0.387 e. The maximum Gasteiger partial charge on any atom is 0.387 e. The fourth-order valence-electron chi connectivity index (χ4n) is 2.07. The highest BCUT2D eigenvalue weighted by Crippen LogP contribution is 2.20. The first-order chi connectivity index (χ1) is 9.16. The molecule has 104 valence electrons. The molecule has 0 bridgehead atoms. The van der Waals surface area contributed by atoms with Crippen LogP contribution in [0.1, 0.15) is 18.4 Å². The minimum Gasteiger partial charge on any atom is -0.434 e. The largest absolute Gasteiger partial charge is 0.434 e. The second-order valence-corrected chi connectivity index (χ2v) is 4.35. The zero-order valence-electron chi connectivity index (χ0n) is 10.4. The van der Waals surface area contributed by atoms with Crippen LogP contribution in [0.4, 0.5) is 8.78 Å². The molecule has 0 saturated carbocycles. The summed E-state index contributed by atoms with van der Waals surface area (Å²) in [4.78, 5) is 11.8. The average Bonchev–Trinajstić information content (AvgIpc) is 2.90. The van der Waals surface area contributed by atoms with Crippen molar-refractivity contribution in [3.8, 4) is 5.75 Å². The highest BCUT2D eigenvalue weighted by Gasteiger charge is 2.21. The van der Waals surface area contributed by atoms with E-state index in [1.165, 1.54) is 6.07 Å². The summed E-state index contributed by atoms with van der Waals surface area (Å²) in [7, 11) is 0. The molecule has 1 atom stereocenters. The monoisotopic (exact) mass is 270 g/mol. The van der Waals surface area contributed by atoms with Crippen LogP contribution in [-0.2, 0) is 11.3 Å². The van der Waals surface area contributed by atoms with Gasteiger partial charge < -0.3 is 15.4 Å². The van der Waals surface area contributed by atoms with Gasteiger partial charge in [-0.05, 0) is 25.5 Å². The summed E-state index contributed by atoms with van der Waals surface area (Å²) in [5, 5.41) is 5.80. The number of halogens is 2. The number of benzene rings is 1. The molecule has 1 heterocycles. The third kappa shape index (κ3) is 3.89. The van der Waals surface area contributed by atoms with Crippen LogP contribution >= 0.6 is 0 Å². The molecule has 6 heteroatoms. The Balaban J connectivity index is 1.93. The lowest BCUT2D eigenvalue weighted by Crippen LogP contribution is -2.40. The van der Waals surface area contributed by atoms with Gasteiger partial charge in [-0.2, -0.15) is 8.78 Å². The molecular weight excluding hydrogens is 254 g/mol. The van der Waals surface area contributed by atoms with Crippen molar-refractivity contribution >= 4 is 5.91 Å². The minimum atomic E-state index is -2.87. The van der Waals surface area contributed by atoms with Crippen molar-refractivity contribution < 1.29 is 18.3 Å². The Kier molecular flexibility index (Phi) is 4.68. The summed E-state index contributed by atoms with van der Waals surface area (Å²) in [6.07, 6.45) is 1.78. The van der Waals surface area contributed by atoms with Crippen molar-refractivity contribution in [2.24, 2.45) is 0 Å². The molecule has 0 aliphatic carbocycles. The van der Waals surface area contributed by atoms with Crippen LogP contribution in [0.15, 0.2) is 24.3 Å². The second-order valence-electron chi connectivity index (χ2n) is 4.35. The van der Waals surface area contributed by atoms with Crippen molar-refractivity contribution in [2.75, 3.05) is 6.54 Å². The summed E-state index contributed by atoms with van der Waals surface area (Å²) in [5.74, 6) is -0.0125. The van der Waals surface area contributed by atoms with E-state index in [4.69, 9.17) is 0 Å². The van der Waals surface area contributed by atoms with Gasteiger partial charge in [0.15, 0.2) is 0 Å².